The number of hydrogen-bond acceptors (Lipinski definition) is 3. The van der Waals surface area contributed by atoms with Crippen LogP contribution in [0, 0.1) is 11.7 Å². The van der Waals surface area contributed by atoms with Crippen LogP contribution in [0.25, 0.3) is 10.9 Å². The molecule has 1 aliphatic heterocycles. The number of rotatable bonds is 3. The van der Waals surface area contributed by atoms with Crippen LogP contribution in [0.2, 0.25) is 0 Å². The Kier molecular flexibility index (Phi) is 3.68. The lowest BCUT2D eigenvalue weighted by Gasteiger charge is -2.14. The SMILES string of the molecule is O=C(Nc1ccccc1F)[C@@H]1CC(=O)N(c2n[nH]c3ccccc23)C1. The highest BCUT2D eigenvalue weighted by atomic mass is 19.1. The van der Waals surface area contributed by atoms with Crippen molar-refractivity contribution in [3.8, 4) is 0 Å². The lowest BCUT2D eigenvalue weighted by Crippen LogP contribution is -2.28. The van der Waals surface area contributed by atoms with Gasteiger partial charge in [-0.2, -0.15) is 5.10 Å². The Hall–Kier alpha value is -3.22. The zero-order chi connectivity index (χ0) is 17.4. The summed E-state index contributed by atoms with van der Waals surface area (Å²) in [6, 6.07) is 13.4. The van der Waals surface area contributed by atoms with E-state index >= 15 is 0 Å². The number of nitrogens with one attached hydrogen (secondary N) is 2. The van der Waals surface area contributed by atoms with Crippen LogP contribution in [-0.4, -0.2) is 28.6 Å². The summed E-state index contributed by atoms with van der Waals surface area (Å²) in [6.07, 6.45) is 0.0709. The molecule has 1 atom stereocenters. The highest BCUT2D eigenvalue weighted by Gasteiger charge is 2.37. The quantitative estimate of drug-likeness (QED) is 0.771. The minimum absolute atomic E-state index is 0.0709. The average molecular weight is 338 g/mol. The Morgan fingerprint density at radius 3 is 2.80 bits per heavy atom. The predicted molar refractivity (Wildman–Crippen MR) is 91.6 cm³/mol. The van der Waals surface area contributed by atoms with Gasteiger partial charge in [-0.3, -0.25) is 19.6 Å². The highest BCUT2D eigenvalue weighted by Crippen LogP contribution is 2.30. The van der Waals surface area contributed by atoms with E-state index in [1.807, 2.05) is 24.3 Å². The van der Waals surface area contributed by atoms with Crippen molar-refractivity contribution in [2.24, 2.45) is 5.92 Å². The summed E-state index contributed by atoms with van der Waals surface area (Å²) in [7, 11) is 0. The van der Waals surface area contributed by atoms with E-state index in [1.165, 1.54) is 17.0 Å². The van der Waals surface area contributed by atoms with Crippen LogP contribution in [0.15, 0.2) is 48.5 Å². The number of hydrogen-bond donors (Lipinski definition) is 2. The van der Waals surface area contributed by atoms with Gasteiger partial charge >= 0.3 is 0 Å². The molecule has 6 nitrogen and oxygen atoms in total. The molecule has 1 saturated heterocycles. The van der Waals surface area contributed by atoms with E-state index in [0.717, 1.165) is 10.9 Å². The first-order chi connectivity index (χ1) is 12.1. The number of aromatic nitrogens is 2. The highest BCUT2D eigenvalue weighted by molar-refractivity contribution is 6.06. The molecule has 3 aromatic rings. The van der Waals surface area contributed by atoms with Gasteiger partial charge in [-0.15, -0.1) is 0 Å². The maximum absolute atomic E-state index is 13.7. The number of benzene rings is 2. The molecule has 126 valence electrons. The minimum atomic E-state index is -0.553. The zero-order valence-corrected chi connectivity index (χ0v) is 13.2. The summed E-state index contributed by atoms with van der Waals surface area (Å²) in [5.41, 5.74) is 0.938. The number of fused-ring (bicyclic) bond motifs is 1. The number of carbonyl (C=O) groups is 2. The van der Waals surface area contributed by atoms with Crippen molar-refractivity contribution < 1.29 is 14.0 Å². The third-order valence-corrected chi connectivity index (χ3v) is 4.33. The molecule has 1 aromatic heterocycles. The molecular weight excluding hydrogens is 323 g/mol. The normalized spacial score (nSPS) is 17.2. The molecule has 7 heteroatoms. The summed E-state index contributed by atoms with van der Waals surface area (Å²) < 4.78 is 13.7. The van der Waals surface area contributed by atoms with Crippen LogP contribution in [0.3, 0.4) is 0 Å². The van der Waals surface area contributed by atoms with E-state index < -0.39 is 11.7 Å². The van der Waals surface area contributed by atoms with E-state index in [0.29, 0.717) is 5.82 Å². The smallest absolute Gasteiger partial charge is 0.229 e. The summed E-state index contributed by atoms with van der Waals surface area (Å²) in [6.45, 7) is 0.216. The molecule has 0 unspecified atom stereocenters. The molecular formula is C18H15FN4O2. The third-order valence-electron chi connectivity index (χ3n) is 4.33. The number of halogens is 1. The van der Waals surface area contributed by atoms with Crippen molar-refractivity contribution in [2.75, 3.05) is 16.8 Å². The number of anilines is 2. The van der Waals surface area contributed by atoms with Gasteiger partial charge in [0, 0.05) is 18.4 Å². The van der Waals surface area contributed by atoms with E-state index in [-0.39, 0.29) is 30.5 Å². The number of amides is 2. The Balaban J connectivity index is 1.54. The van der Waals surface area contributed by atoms with Gasteiger partial charge in [0.05, 0.1) is 17.1 Å². The Labute approximate surface area is 142 Å². The largest absolute Gasteiger partial charge is 0.323 e. The Morgan fingerprint density at radius 2 is 1.96 bits per heavy atom. The van der Waals surface area contributed by atoms with Crippen LogP contribution < -0.4 is 10.2 Å². The second-order valence-electron chi connectivity index (χ2n) is 5.97. The number of nitrogens with zero attached hydrogens (tertiary/aromatic N) is 2. The second-order valence-corrected chi connectivity index (χ2v) is 5.97. The van der Waals surface area contributed by atoms with E-state index in [2.05, 4.69) is 15.5 Å². The summed E-state index contributed by atoms with van der Waals surface area (Å²) in [5, 5.41) is 10.5. The number of aromatic amines is 1. The Morgan fingerprint density at radius 1 is 1.20 bits per heavy atom. The van der Waals surface area contributed by atoms with Crippen LogP contribution in [-0.2, 0) is 9.59 Å². The summed E-state index contributed by atoms with van der Waals surface area (Å²) in [4.78, 5) is 26.3. The summed E-state index contributed by atoms with van der Waals surface area (Å²) >= 11 is 0. The molecule has 0 spiro atoms. The minimum Gasteiger partial charge on any atom is -0.323 e. The molecule has 0 saturated carbocycles. The zero-order valence-electron chi connectivity index (χ0n) is 13.2. The van der Waals surface area contributed by atoms with Crippen molar-refractivity contribution in [1.82, 2.24) is 10.2 Å². The van der Waals surface area contributed by atoms with Crippen molar-refractivity contribution in [3.05, 3.63) is 54.3 Å². The number of para-hydroxylation sites is 2. The van der Waals surface area contributed by atoms with Crippen LogP contribution in [0.4, 0.5) is 15.9 Å². The lowest BCUT2D eigenvalue weighted by atomic mass is 10.1. The maximum Gasteiger partial charge on any atom is 0.229 e. The van der Waals surface area contributed by atoms with E-state index in [1.54, 1.807) is 12.1 Å². The molecule has 25 heavy (non-hydrogen) atoms. The lowest BCUT2D eigenvalue weighted by molar-refractivity contribution is -0.122. The second kappa shape index (κ2) is 6.01. The summed E-state index contributed by atoms with van der Waals surface area (Å²) in [5.74, 6) is -1.09. The fraction of sp³-hybridized carbons (Fsp3) is 0.167. The molecule has 2 N–H and O–H groups in total. The average Bonchev–Trinajstić information content (AvgIpc) is 3.20. The molecule has 2 aromatic carbocycles. The van der Waals surface area contributed by atoms with Gasteiger partial charge in [-0.05, 0) is 24.3 Å². The van der Waals surface area contributed by atoms with Gasteiger partial charge < -0.3 is 5.32 Å². The van der Waals surface area contributed by atoms with Crippen LogP contribution in [0.5, 0.6) is 0 Å². The van der Waals surface area contributed by atoms with Crippen molar-refractivity contribution in [3.63, 3.8) is 0 Å². The number of H-pyrrole nitrogens is 1. The monoisotopic (exact) mass is 338 g/mol. The predicted octanol–water partition coefficient (Wildman–Crippen LogP) is 2.69. The standard InChI is InChI=1S/C18H15FN4O2/c19-13-6-2-4-8-15(13)20-18(25)11-9-16(24)23(10-11)17-12-5-1-3-7-14(12)21-22-17/h1-8,11H,9-10H2,(H,20,25)(H,21,22)/t11-/m1/s1. The van der Waals surface area contributed by atoms with Gasteiger partial charge in [0.15, 0.2) is 5.82 Å². The fourth-order valence-corrected chi connectivity index (χ4v) is 3.04. The van der Waals surface area contributed by atoms with Crippen LogP contribution in [0.1, 0.15) is 6.42 Å². The van der Waals surface area contributed by atoms with Gasteiger partial charge in [0.1, 0.15) is 5.82 Å². The molecule has 1 fully saturated rings. The number of carbonyl (C=O) groups excluding carboxylic acids is 2. The Bertz CT molecular complexity index is 968. The first-order valence-electron chi connectivity index (χ1n) is 7.92. The molecule has 1 aliphatic rings. The molecule has 2 amide bonds. The molecule has 0 aliphatic carbocycles. The van der Waals surface area contributed by atoms with Crippen molar-refractivity contribution in [1.29, 1.82) is 0 Å². The maximum atomic E-state index is 13.7. The molecule has 0 bridgehead atoms. The first-order valence-corrected chi connectivity index (χ1v) is 7.92. The van der Waals surface area contributed by atoms with E-state index in [4.69, 9.17) is 0 Å². The fourth-order valence-electron chi connectivity index (χ4n) is 3.04. The van der Waals surface area contributed by atoms with Crippen LogP contribution >= 0.6 is 0 Å². The first kappa shape index (κ1) is 15.3. The van der Waals surface area contributed by atoms with Gasteiger partial charge in [-0.1, -0.05) is 24.3 Å². The van der Waals surface area contributed by atoms with E-state index in [9.17, 15) is 14.0 Å². The van der Waals surface area contributed by atoms with Gasteiger partial charge in [-0.25, -0.2) is 4.39 Å². The van der Waals surface area contributed by atoms with Gasteiger partial charge in [0.2, 0.25) is 11.8 Å². The third kappa shape index (κ3) is 2.73. The topological polar surface area (TPSA) is 78.1 Å². The van der Waals surface area contributed by atoms with Crippen molar-refractivity contribution in [2.45, 2.75) is 6.42 Å². The molecule has 2 heterocycles. The van der Waals surface area contributed by atoms with Gasteiger partial charge in [0.25, 0.3) is 0 Å². The van der Waals surface area contributed by atoms with Crippen molar-refractivity contribution >= 4 is 34.2 Å². The molecule has 4 rings (SSSR count). The molecule has 0 radical (unpaired) electrons.